The zero-order valence-electron chi connectivity index (χ0n) is 11.4. The standard InChI is InChI=1S/C13H21NO4S/c1-3-19(15,16)8-4-7-18-13-9-12(17-2)6-5-11(13)10-14/h5-6,9H,3-4,7-8,10,14H2,1-2H3. The Morgan fingerprint density at radius 1 is 1.32 bits per heavy atom. The summed E-state index contributed by atoms with van der Waals surface area (Å²) in [5.74, 6) is 1.65. The predicted octanol–water partition coefficient (Wildman–Crippen LogP) is 1.36. The third-order valence-corrected chi connectivity index (χ3v) is 4.58. The molecule has 1 rings (SSSR count). The number of nitrogens with two attached hydrogens (primary N) is 1. The number of benzene rings is 1. The molecule has 2 N–H and O–H groups in total. The van der Waals surface area contributed by atoms with Crippen LogP contribution < -0.4 is 15.2 Å². The van der Waals surface area contributed by atoms with Gasteiger partial charge in [0, 0.05) is 23.9 Å². The minimum atomic E-state index is -2.93. The summed E-state index contributed by atoms with van der Waals surface area (Å²) in [6.07, 6.45) is 0.470. The molecule has 0 aromatic heterocycles. The van der Waals surface area contributed by atoms with Crippen molar-refractivity contribution in [2.75, 3.05) is 25.2 Å². The summed E-state index contributed by atoms with van der Waals surface area (Å²) >= 11 is 0. The van der Waals surface area contributed by atoms with Crippen molar-refractivity contribution in [1.29, 1.82) is 0 Å². The second-order valence-corrected chi connectivity index (χ2v) is 6.59. The molecule has 0 spiro atoms. The quantitative estimate of drug-likeness (QED) is 0.730. The fourth-order valence-electron chi connectivity index (χ4n) is 1.57. The number of ether oxygens (including phenoxy) is 2. The van der Waals surface area contributed by atoms with Crippen molar-refractivity contribution in [1.82, 2.24) is 0 Å². The van der Waals surface area contributed by atoms with Crippen LogP contribution in [0.4, 0.5) is 0 Å². The Morgan fingerprint density at radius 2 is 2.05 bits per heavy atom. The van der Waals surface area contributed by atoms with Crippen LogP contribution in [-0.2, 0) is 16.4 Å². The molecule has 0 bridgehead atoms. The molecule has 0 aliphatic rings. The summed E-state index contributed by atoms with van der Waals surface area (Å²) in [4.78, 5) is 0. The average Bonchev–Trinajstić information content (AvgIpc) is 2.43. The molecular formula is C13H21NO4S. The SMILES string of the molecule is CCS(=O)(=O)CCCOc1cc(OC)ccc1CN. The van der Waals surface area contributed by atoms with Crippen LogP contribution in [0.2, 0.25) is 0 Å². The Bertz CT molecular complexity index is 499. The Hall–Kier alpha value is -1.27. The van der Waals surface area contributed by atoms with Crippen molar-refractivity contribution in [2.24, 2.45) is 5.73 Å². The largest absolute Gasteiger partial charge is 0.497 e. The van der Waals surface area contributed by atoms with Crippen LogP contribution in [0.1, 0.15) is 18.9 Å². The van der Waals surface area contributed by atoms with Crippen LogP contribution in [0.5, 0.6) is 11.5 Å². The van der Waals surface area contributed by atoms with Crippen LogP contribution in [0, 0.1) is 0 Å². The smallest absolute Gasteiger partial charge is 0.150 e. The first-order valence-corrected chi connectivity index (χ1v) is 8.04. The molecule has 1 aromatic rings. The number of rotatable bonds is 8. The fourth-order valence-corrected chi connectivity index (χ4v) is 2.42. The first kappa shape index (κ1) is 15.8. The summed E-state index contributed by atoms with van der Waals surface area (Å²) in [6, 6.07) is 5.42. The summed E-state index contributed by atoms with van der Waals surface area (Å²) in [7, 11) is -1.35. The molecule has 0 aliphatic heterocycles. The zero-order chi connectivity index (χ0) is 14.3. The van der Waals surface area contributed by atoms with Crippen molar-refractivity contribution < 1.29 is 17.9 Å². The van der Waals surface area contributed by atoms with Gasteiger partial charge >= 0.3 is 0 Å². The van der Waals surface area contributed by atoms with Gasteiger partial charge in [0.25, 0.3) is 0 Å². The van der Waals surface area contributed by atoms with Crippen LogP contribution >= 0.6 is 0 Å². The molecule has 0 unspecified atom stereocenters. The molecule has 0 saturated heterocycles. The third kappa shape index (κ3) is 5.08. The Balaban J connectivity index is 2.57. The van der Waals surface area contributed by atoms with E-state index in [2.05, 4.69) is 0 Å². The highest BCUT2D eigenvalue weighted by molar-refractivity contribution is 7.91. The minimum Gasteiger partial charge on any atom is -0.497 e. The number of methoxy groups -OCH3 is 1. The van der Waals surface area contributed by atoms with Gasteiger partial charge in [-0.05, 0) is 12.5 Å². The molecule has 5 nitrogen and oxygen atoms in total. The molecule has 19 heavy (non-hydrogen) atoms. The van der Waals surface area contributed by atoms with Gasteiger partial charge in [0.15, 0.2) is 0 Å². The normalized spacial score (nSPS) is 11.3. The zero-order valence-corrected chi connectivity index (χ0v) is 12.2. The second-order valence-electron chi connectivity index (χ2n) is 4.12. The summed E-state index contributed by atoms with van der Waals surface area (Å²) in [5.41, 5.74) is 6.49. The first-order valence-electron chi connectivity index (χ1n) is 6.22. The predicted molar refractivity (Wildman–Crippen MR) is 75.3 cm³/mol. The summed E-state index contributed by atoms with van der Waals surface area (Å²) in [5, 5.41) is 0. The van der Waals surface area contributed by atoms with Crippen LogP contribution in [0.15, 0.2) is 18.2 Å². The maximum Gasteiger partial charge on any atom is 0.150 e. The highest BCUT2D eigenvalue weighted by Crippen LogP contribution is 2.24. The molecule has 0 heterocycles. The van der Waals surface area contributed by atoms with Crippen LogP contribution in [0.3, 0.4) is 0 Å². The summed E-state index contributed by atoms with van der Waals surface area (Å²) in [6.45, 7) is 2.36. The van der Waals surface area contributed by atoms with E-state index < -0.39 is 9.84 Å². The topological polar surface area (TPSA) is 78.6 Å². The van der Waals surface area contributed by atoms with Crippen molar-refractivity contribution >= 4 is 9.84 Å². The first-order chi connectivity index (χ1) is 9.02. The fraction of sp³-hybridized carbons (Fsp3) is 0.538. The van der Waals surface area contributed by atoms with Gasteiger partial charge < -0.3 is 15.2 Å². The van der Waals surface area contributed by atoms with Gasteiger partial charge in [0.2, 0.25) is 0 Å². The van der Waals surface area contributed by atoms with E-state index in [4.69, 9.17) is 15.2 Å². The van der Waals surface area contributed by atoms with E-state index in [9.17, 15) is 8.42 Å². The van der Waals surface area contributed by atoms with Gasteiger partial charge in [-0.25, -0.2) is 8.42 Å². The molecule has 1 aromatic carbocycles. The van der Waals surface area contributed by atoms with E-state index >= 15 is 0 Å². The van der Waals surface area contributed by atoms with E-state index in [0.29, 0.717) is 31.1 Å². The molecule has 0 radical (unpaired) electrons. The molecule has 0 fully saturated rings. The molecular weight excluding hydrogens is 266 g/mol. The number of hydrogen-bond donors (Lipinski definition) is 1. The lowest BCUT2D eigenvalue weighted by atomic mass is 10.2. The molecule has 0 saturated carbocycles. The Labute approximate surface area is 114 Å². The van der Waals surface area contributed by atoms with Crippen molar-refractivity contribution in [2.45, 2.75) is 19.9 Å². The molecule has 0 aliphatic carbocycles. The van der Waals surface area contributed by atoms with Crippen molar-refractivity contribution in [3.8, 4) is 11.5 Å². The maximum absolute atomic E-state index is 11.3. The van der Waals surface area contributed by atoms with Crippen LogP contribution in [-0.4, -0.2) is 33.6 Å². The molecule has 108 valence electrons. The highest BCUT2D eigenvalue weighted by Gasteiger charge is 2.08. The van der Waals surface area contributed by atoms with E-state index in [1.807, 2.05) is 12.1 Å². The lowest BCUT2D eigenvalue weighted by Crippen LogP contribution is -2.12. The van der Waals surface area contributed by atoms with Crippen molar-refractivity contribution in [3.63, 3.8) is 0 Å². The van der Waals surface area contributed by atoms with Gasteiger partial charge in [0.1, 0.15) is 21.3 Å². The number of hydrogen-bond acceptors (Lipinski definition) is 5. The van der Waals surface area contributed by atoms with Gasteiger partial charge in [-0.1, -0.05) is 13.0 Å². The monoisotopic (exact) mass is 287 g/mol. The Kier molecular flexibility index (Phi) is 6.11. The number of sulfone groups is 1. The molecule has 6 heteroatoms. The van der Waals surface area contributed by atoms with Crippen LogP contribution in [0.25, 0.3) is 0 Å². The van der Waals surface area contributed by atoms with E-state index in [0.717, 1.165) is 5.56 Å². The second kappa shape index (κ2) is 7.35. The lowest BCUT2D eigenvalue weighted by molar-refractivity contribution is 0.311. The van der Waals surface area contributed by atoms with Gasteiger partial charge in [0.05, 0.1) is 19.5 Å². The van der Waals surface area contributed by atoms with E-state index in [-0.39, 0.29) is 11.5 Å². The minimum absolute atomic E-state index is 0.144. The van der Waals surface area contributed by atoms with Gasteiger partial charge in [-0.15, -0.1) is 0 Å². The maximum atomic E-state index is 11.3. The van der Waals surface area contributed by atoms with E-state index in [1.165, 1.54) is 0 Å². The van der Waals surface area contributed by atoms with Gasteiger partial charge in [-0.3, -0.25) is 0 Å². The highest BCUT2D eigenvalue weighted by atomic mass is 32.2. The molecule has 0 amide bonds. The van der Waals surface area contributed by atoms with Crippen molar-refractivity contribution in [3.05, 3.63) is 23.8 Å². The van der Waals surface area contributed by atoms with E-state index in [1.54, 1.807) is 20.1 Å². The Morgan fingerprint density at radius 3 is 2.63 bits per heavy atom. The average molecular weight is 287 g/mol. The molecule has 0 atom stereocenters. The van der Waals surface area contributed by atoms with Gasteiger partial charge in [-0.2, -0.15) is 0 Å². The third-order valence-electron chi connectivity index (χ3n) is 2.79. The lowest BCUT2D eigenvalue weighted by Gasteiger charge is -2.12. The summed E-state index contributed by atoms with van der Waals surface area (Å²) < 4.78 is 33.4.